The van der Waals surface area contributed by atoms with E-state index in [1.807, 2.05) is 42.6 Å². The Bertz CT molecular complexity index is 1500. The van der Waals surface area contributed by atoms with E-state index in [-0.39, 0.29) is 24.3 Å². The highest BCUT2D eigenvalue weighted by molar-refractivity contribution is 6.04. The van der Waals surface area contributed by atoms with Crippen LogP contribution >= 0.6 is 0 Å². The maximum Gasteiger partial charge on any atom is 0.337 e. The first-order valence-corrected chi connectivity index (χ1v) is 14.0. The zero-order valence-corrected chi connectivity index (χ0v) is 23.4. The Morgan fingerprint density at radius 2 is 1.63 bits per heavy atom. The third kappa shape index (κ3) is 6.27. The van der Waals surface area contributed by atoms with Crippen LogP contribution in [0, 0.1) is 0 Å². The van der Waals surface area contributed by atoms with Crippen LogP contribution in [0.5, 0.6) is 5.75 Å². The van der Waals surface area contributed by atoms with E-state index in [0.717, 1.165) is 48.6 Å². The molecular formula is C33H35N3O5. The SMILES string of the molecule is COC(=O)c1ccc(N(C(=O)Cc2c[nH]c3ccccc23)[C@H](C(=O)NC2CCCCC2)c2ccc(OC)cc2)cc1. The maximum atomic E-state index is 14.3. The number of carbonyl (C=O) groups is 3. The molecule has 1 fully saturated rings. The summed E-state index contributed by atoms with van der Waals surface area (Å²) >= 11 is 0. The molecule has 1 aliphatic rings. The summed E-state index contributed by atoms with van der Waals surface area (Å²) in [5, 5.41) is 4.19. The van der Waals surface area contributed by atoms with E-state index in [4.69, 9.17) is 9.47 Å². The number of hydrogen-bond donors (Lipinski definition) is 2. The number of nitrogens with zero attached hydrogens (tertiary/aromatic N) is 1. The van der Waals surface area contributed by atoms with Crippen LogP contribution in [-0.4, -0.2) is 43.0 Å². The molecule has 1 atom stereocenters. The first kappa shape index (κ1) is 28.0. The minimum absolute atomic E-state index is 0.0595. The van der Waals surface area contributed by atoms with E-state index in [9.17, 15) is 14.4 Å². The molecule has 5 rings (SSSR count). The molecule has 0 spiro atoms. The highest BCUT2D eigenvalue weighted by Gasteiger charge is 2.34. The van der Waals surface area contributed by atoms with Crippen LogP contribution in [0.4, 0.5) is 5.69 Å². The van der Waals surface area contributed by atoms with Gasteiger partial charge in [0.1, 0.15) is 11.8 Å². The number of hydrogen-bond acceptors (Lipinski definition) is 5. The second kappa shape index (κ2) is 12.7. The Morgan fingerprint density at radius 1 is 0.927 bits per heavy atom. The van der Waals surface area contributed by atoms with E-state index >= 15 is 0 Å². The number of rotatable bonds is 9. The molecule has 0 saturated heterocycles. The number of esters is 1. The third-order valence-electron chi connectivity index (χ3n) is 7.74. The molecule has 0 unspecified atom stereocenters. The number of ether oxygens (including phenoxy) is 2. The minimum atomic E-state index is -0.940. The molecular weight excluding hydrogens is 518 g/mol. The van der Waals surface area contributed by atoms with Crippen LogP contribution in [0.3, 0.4) is 0 Å². The topological polar surface area (TPSA) is 101 Å². The highest BCUT2D eigenvalue weighted by atomic mass is 16.5. The summed E-state index contributed by atoms with van der Waals surface area (Å²) in [5.41, 5.74) is 3.28. The quantitative estimate of drug-likeness (QED) is 0.258. The van der Waals surface area contributed by atoms with Gasteiger partial charge in [-0.2, -0.15) is 0 Å². The Hall–Kier alpha value is -4.59. The van der Waals surface area contributed by atoms with Crippen LogP contribution in [-0.2, 0) is 20.7 Å². The Balaban J connectivity index is 1.57. The molecule has 1 saturated carbocycles. The van der Waals surface area contributed by atoms with Crippen molar-refractivity contribution in [2.24, 2.45) is 0 Å². The number of H-pyrrole nitrogens is 1. The van der Waals surface area contributed by atoms with E-state index in [1.54, 1.807) is 48.4 Å². The van der Waals surface area contributed by atoms with Crippen LogP contribution in [0.25, 0.3) is 10.9 Å². The third-order valence-corrected chi connectivity index (χ3v) is 7.74. The Morgan fingerprint density at radius 3 is 2.32 bits per heavy atom. The lowest BCUT2D eigenvalue weighted by Crippen LogP contribution is -2.47. The summed E-state index contributed by atoms with van der Waals surface area (Å²) < 4.78 is 10.2. The summed E-state index contributed by atoms with van der Waals surface area (Å²) in [5.74, 6) is -0.319. The van der Waals surface area contributed by atoms with E-state index in [0.29, 0.717) is 22.6 Å². The minimum Gasteiger partial charge on any atom is -0.497 e. The molecule has 3 aromatic carbocycles. The number of anilines is 1. The number of methoxy groups -OCH3 is 2. The number of aromatic amines is 1. The molecule has 41 heavy (non-hydrogen) atoms. The van der Waals surface area contributed by atoms with Crippen molar-refractivity contribution in [1.82, 2.24) is 10.3 Å². The van der Waals surface area contributed by atoms with Gasteiger partial charge in [-0.25, -0.2) is 4.79 Å². The van der Waals surface area contributed by atoms with Gasteiger partial charge < -0.3 is 19.8 Å². The van der Waals surface area contributed by atoms with Crippen molar-refractivity contribution >= 4 is 34.4 Å². The summed E-state index contributed by atoms with van der Waals surface area (Å²) in [4.78, 5) is 45.3. The lowest BCUT2D eigenvalue weighted by atomic mass is 9.94. The van der Waals surface area contributed by atoms with Crippen molar-refractivity contribution in [3.05, 3.63) is 95.7 Å². The standard InChI is InChI=1S/C33H35N3O5/c1-40-27-18-14-22(15-19-27)31(32(38)35-25-8-4-3-5-9-25)36(26-16-12-23(13-17-26)33(39)41-2)30(37)20-24-21-34-29-11-7-6-10-28(24)29/h6-7,10-19,21,25,31,34H,3-5,8-9,20H2,1-2H3,(H,35,38)/t31-/m0/s1. The second-order valence-corrected chi connectivity index (χ2v) is 10.4. The predicted molar refractivity (Wildman–Crippen MR) is 158 cm³/mol. The Labute approximate surface area is 239 Å². The largest absolute Gasteiger partial charge is 0.497 e. The van der Waals surface area contributed by atoms with Gasteiger partial charge >= 0.3 is 5.97 Å². The highest BCUT2D eigenvalue weighted by Crippen LogP contribution is 2.32. The fourth-order valence-corrected chi connectivity index (χ4v) is 5.57. The van der Waals surface area contributed by atoms with Crippen LogP contribution in [0.2, 0.25) is 0 Å². The van der Waals surface area contributed by atoms with E-state index in [2.05, 4.69) is 10.3 Å². The maximum absolute atomic E-state index is 14.3. The smallest absolute Gasteiger partial charge is 0.337 e. The predicted octanol–water partition coefficient (Wildman–Crippen LogP) is 5.73. The first-order chi connectivity index (χ1) is 20.0. The van der Waals surface area contributed by atoms with Gasteiger partial charge in [-0.15, -0.1) is 0 Å². The van der Waals surface area contributed by atoms with Crippen molar-refractivity contribution in [1.29, 1.82) is 0 Å². The van der Waals surface area contributed by atoms with Crippen molar-refractivity contribution in [3.8, 4) is 5.75 Å². The van der Waals surface area contributed by atoms with Gasteiger partial charge in [-0.05, 0) is 66.4 Å². The zero-order valence-electron chi connectivity index (χ0n) is 23.4. The van der Waals surface area contributed by atoms with Crippen molar-refractivity contribution < 1.29 is 23.9 Å². The molecule has 0 aliphatic heterocycles. The van der Waals surface area contributed by atoms with Crippen molar-refractivity contribution in [3.63, 3.8) is 0 Å². The van der Waals surface area contributed by atoms with Gasteiger partial charge in [0, 0.05) is 28.8 Å². The average molecular weight is 554 g/mol. The zero-order chi connectivity index (χ0) is 28.8. The summed E-state index contributed by atoms with van der Waals surface area (Å²) in [6.45, 7) is 0. The Kier molecular flexibility index (Phi) is 8.67. The van der Waals surface area contributed by atoms with Crippen LogP contribution < -0.4 is 15.0 Å². The normalized spacial score (nSPS) is 14.3. The van der Waals surface area contributed by atoms with Crippen molar-refractivity contribution in [2.75, 3.05) is 19.1 Å². The van der Waals surface area contributed by atoms with Crippen molar-refractivity contribution in [2.45, 2.75) is 50.6 Å². The number of amides is 2. The van der Waals surface area contributed by atoms with Crippen LogP contribution in [0.15, 0.2) is 79.0 Å². The number of para-hydroxylation sites is 1. The molecule has 0 radical (unpaired) electrons. The number of benzene rings is 3. The monoisotopic (exact) mass is 553 g/mol. The van der Waals surface area contributed by atoms with Crippen LogP contribution in [0.1, 0.15) is 59.6 Å². The second-order valence-electron chi connectivity index (χ2n) is 10.4. The molecule has 8 nitrogen and oxygen atoms in total. The average Bonchev–Trinajstić information content (AvgIpc) is 3.42. The molecule has 2 N–H and O–H groups in total. The molecule has 2 amide bonds. The van der Waals surface area contributed by atoms with Gasteiger partial charge in [0.05, 0.1) is 26.2 Å². The number of aromatic nitrogens is 1. The molecule has 1 heterocycles. The first-order valence-electron chi connectivity index (χ1n) is 14.0. The fourth-order valence-electron chi connectivity index (χ4n) is 5.57. The number of nitrogens with one attached hydrogen (secondary N) is 2. The molecule has 0 bridgehead atoms. The van der Waals surface area contributed by atoms with Gasteiger partial charge in [-0.1, -0.05) is 49.6 Å². The molecule has 4 aromatic rings. The molecule has 212 valence electrons. The molecule has 1 aliphatic carbocycles. The van der Waals surface area contributed by atoms with Gasteiger partial charge in [0.2, 0.25) is 11.8 Å². The van der Waals surface area contributed by atoms with Gasteiger partial charge in [0.15, 0.2) is 0 Å². The number of fused-ring (bicyclic) bond motifs is 1. The summed E-state index contributed by atoms with van der Waals surface area (Å²) in [6.07, 6.45) is 7.04. The summed E-state index contributed by atoms with van der Waals surface area (Å²) in [6, 6.07) is 20.7. The lowest BCUT2D eigenvalue weighted by molar-refractivity contribution is -0.127. The van der Waals surface area contributed by atoms with E-state index < -0.39 is 12.0 Å². The molecule has 1 aromatic heterocycles. The fraction of sp³-hybridized carbons (Fsp3) is 0.303. The summed E-state index contributed by atoms with van der Waals surface area (Å²) in [7, 11) is 2.91. The van der Waals surface area contributed by atoms with Gasteiger partial charge in [-0.3, -0.25) is 14.5 Å². The lowest BCUT2D eigenvalue weighted by Gasteiger charge is -2.33. The number of carbonyl (C=O) groups excluding carboxylic acids is 3. The molecule has 8 heteroatoms. The van der Waals surface area contributed by atoms with E-state index in [1.165, 1.54) is 7.11 Å². The van der Waals surface area contributed by atoms with Gasteiger partial charge in [0.25, 0.3) is 0 Å².